The minimum Gasteiger partial charge on any atom is -0.494 e. The van der Waals surface area contributed by atoms with Crippen molar-refractivity contribution in [1.82, 2.24) is 4.90 Å². The van der Waals surface area contributed by atoms with Crippen molar-refractivity contribution in [3.05, 3.63) is 51.0 Å². The largest absolute Gasteiger partial charge is 0.494 e. The van der Waals surface area contributed by atoms with Gasteiger partial charge in [0.25, 0.3) is 5.91 Å². The number of rotatable bonds is 6. The highest BCUT2D eigenvalue weighted by Crippen LogP contribution is 2.34. The summed E-state index contributed by atoms with van der Waals surface area (Å²) in [5.74, 6) is 1.41. The molecule has 0 heterocycles. The zero-order chi connectivity index (χ0) is 19.4. The van der Waals surface area contributed by atoms with E-state index in [1.165, 1.54) is 7.11 Å². The molecule has 7 heteroatoms. The Bertz CT molecular complexity index is 800. The molecule has 140 valence electrons. The maximum Gasteiger partial charge on any atom is 0.254 e. The highest BCUT2D eigenvalue weighted by molar-refractivity contribution is 6.37. The van der Waals surface area contributed by atoms with Crippen molar-refractivity contribution in [2.24, 2.45) is 0 Å². The van der Waals surface area contributed by atoms with E-state index in [0.717, 1.165) is 11.1 Å². The van der Waals surface area contributed by atoms with Gasteiger partial charge in [0.1, 0.15) is 0 Å². The first-order valence-corrected chi connectivity index (χ1v) is 8.58. The normalized spacial score (nSPS) is 10.4. The maximum atomic E-state index is 12.8. The standard InChI is InChI=1S/C19H21Cl2NO4/c1-11-6-16(24-3)17(25-4)9-13(11)10-22(2)19(23)12-7-14(20)18(26-5)15(21)8-12/h6-9H,10H2,1-5H3. The van der Waals surface area contributed by atoms with E-state index < -0.39 is 0 Å². The number of methoxy groups -OCH3 is 3. The summed E-state index contributed by atoms with van der Waals surface area (Å²) in [6.45, 7) is 2.35. The Morgan fingerprint density at radius 3 is 2.00 bits per heavy atom. The number of carbonyl (C=O) groups excluding carboxylic acids is 1. The minimum absolute atomic E-state index is 0.203. The minimum atomic E-state index is -0.203. The van der Waals surface area contributed by atoms with E-state index in [9.17, 15) is 4.79 Å². The van der Waals surface area contributed by atoms with Gasteiger partial charge < -0.3 is 19.1 Å². The van der Waals surface area contributed by atoms with Crippen LogP contribution in [0.5, 0.6) is 17.2 Å². The third-order valence-electron chi connectivity index (χ3n) is 4.05. The van der Waals surface area contributed by atoms with Gasteiger partial charge in [0.15, 0.2) is 17.2 Å². The number of hydrogen-bond donors (Lipinski definition) is 0. The Balaban J connectivity index is 2.27. The van der Waals surface area contributed by atoms with Crippen LogP contribution in [0.3, 0.4) is 0 Å². The van der Waals surface area contributed by atoms with Crippen molar-refractivity contribution < 1.29 is 19.0 Å². The summed E-state index contributed by atoms with van der Waals surface area (Å²) in [4.78, 5) is 14.3. The van der Waals surface area contributed by atoms with Crippen LogP contribution >= 0.6 is 23.2 Å². The number of amides is 1. The van der Waals surface area contributed by atoms with Crippen molar-refractivity contribution in [2.45, 2.75) is 13.5 Å². The molecule has 26 heavy (non-hydrogen) atoms. The first kappa shape index (κ1) is 20.2. The van der Waals surface area contributed by atoms with Crippen molar-refractivity contribution in [2.75, 3.05) is 28.4 Å². The van der Waals surface area contributed by atoms with Gasteiger partial charge in [0.05, 0.1) is 31.4 Å². The monoisotopic (exact) mass is 397 g/mol. The molecule has 0 saturated carbocycles. The fraction of sp³-hybridized carbons (Fsp3) is 0.316. The maximum absolute atomic E-state index is 12.8. The molecule has 0 saturated heterocycles. The molecule has 0 spiro atoms. The zero-order valence-electron chi connectivity index (χ0n) is 15.4. The lowest BCUT2D eigenvalue weighted by atomic mass is 10.1. The molecule has 0 bridgehead atoms. The molecule has 0 unspecified atom stereocenters. The molecule has 0 aliphatic heterocycles. The Kier molecular flexibility index (Phi) is 6.62. The number of halogens is 2. The quantitative estimate of drug-likeness (QED) is 0.714. The first-order valence-electron chi connectivity index (χ1n) is 7.82. The second kappa shape index (κ2) is 8.52. The lowest BCUT2D eigenvalue weighted by Crippen LogP contribution is -2.26. The Morgan fingerprint density at radius 1 is 0.962 bits per heavy atom. The molecule has 0 fully saturated rings. The number of hydrogen-bond acceptors (Lipinski definition) is 4. The number of ether oxygens (including phenoxy) is 3. The van der Waals surface area contributed by atoms with Crippen molar-refractivity contribution >= 4 is 29.1 Å². The number of nitrogens with zero attached hydrogens (tertiary/aromatic N) is 1. The average molecular weight is 398 g/mol. The van der Waals surface area contributed by atoms with E-state index in [-0.39, 0.29) is 5.91 Å². The highest BCUT2D eigenvalue weighted by Gasteiger charge is 2.18. The third-order valence-corrected chi connectivity index (χ3v) is 4.61. The van der Waals surface area contributed by atoms with Crippen LogP contribution < -0.4 is 14.2 Å². The average Bonchev–Trinajstić information content (AvgIpc) is 2.61. The van der Waals surface area contributed by atoms with Crippen LogP contribution in [-0.4, -0.2) is 39.2 Å². The van der Waals surface area contributed by atoms with E-state index >= 15 is 0 Å². The van der Waals surface area contributed by atoms with Gasteiger partial charge in [-0.3, -0.25) is 4.79 Å². The molecule has 0 aromatic heterocycles. The van der Waals surface area contributed by atoms with Crippen molar-refractivity contribution in [3.63, 3.8) is 0 Å². The summed E-state index contributed by atoms with van der Waals surface area (Å²) >= 11 is 12.3. The molecule has 1 amide bonds. The predicted octanol–water partition coefficient (Wildman–Crippen LogP) is 4.60. The van der Waals surface area contributed by atoms with Crippen LogP contribution in [0.2, 0.25) is 10.0 Å². The molecule has 0 aliphatic rings. The number of carbonyl (C=O) groups is 1. The van der Waals surface area contributed by atoms with Gasteiger partial charge in [0, 0.05) is 19.2 Å². The van der Waals surface area contributed by atoms with E-state index in [2.05, 4.69) is 0 Å². The van der Waals surface area contributed by atoms with Gasteiger partial charge in [-0.1, -0.05) is 23.2 Å². The van der Waals surface area contributed by atoms with Crippen molar-refractivity contribution in [3.8, 4) is 17.2 Å². The van der Waals surface area contributed by atoms with Crippen LogP contribution in [0, 0.1) is 6.92 Å². The van der Waals surface area contributed by atoms with Crippen LogP contribution in [0.1, 0.15) is 21.5 Å². The summed E-state index contributed by atoms with van der Waals surface area (Å²) in [6, 6.07) is 6.85. The van der Waals surface area contributed by atoms with Crippen LogP contribution in [0.15, 0.2) is 24.3 Å². The fourth-order valence-electron chi connectivity index (χ4n) is 2.62. The summed E-state index contributed by atoms with van der Waals surface area (Å²) in [6.07, 6.45) is 0. The van der Waals surface area contributed by atoms with Gasteiger partial charge in [-0.15, -0.1) is 0 Å². The van der Waals surface area contributed by atoms with Gasteiger partial charge >= 0.3 is 0 Å². The van der Waals surface area contributed by atoms with Gasteiger partial charge in [-0.05, 0) is 42.3 Å². The SMILES string of the molecule is COc1cc(C)c(CN(C)C(=O)c2cc(Cl)c(OC)c(Cl)c2)cc1OC. The number of benzene rings is 2. The van der Waals surface area contributed by atoms with Crippen molar-refractivity contribution in [1.29, 1.82) is 0 Å². The zero-order valence-corrected chi connectivity index (χ0v) is 16.9. The first-order chi connectivity index (χ1) is 12.3. The Morgan fingerprint density at radius 2 is 1.50 bits per heavy atom. The van der Waals surface area contributed by atoms with E-state index in [1.54, 1.807) is 38.3 Å². The molecule has 2 rings (SSSR count). The highest BCUT2D eigenvalue weighted by atomic mass is 35.5. The second-order valence-electron chi connectivity index (χ2n) is 5.77. The molecular weight excluding hydrogens is 377 g/mol. The Labute approximate surface area is 163 Å². The Hall–Kier alpha value is -2.11. The van der Waals surface area contributed by atoms with Gasteiger partial charge in [-0.25, -0.2) is 0 Å². The molecule has 2 aromatic carbocycles. The third kappa shape index (κ3) is 4.17. The van der Waals surface area contributed by atoms with Crippen LogP contribution in [0.25, 0.3) is 0 Å². The molecular formula is C19H21Cl2NO4. The smallest absolute Gasteiger partial charge is 0.254 e. The summed E-state index contributed by atoms with van der Waals surface area (Å²) in [7, 11) is 6.35. The topological polar surface area (TPSA) is 48.0 Å². The second-order valence-corrected chi connectivity index (χ2v) is 6.58. The van der Waals surface area contributed by atoms with Crippen LogP contribution in [-0.2, 0) is 6.54 Å². The van der Waals surface area contributed by atoms with Crippen LogP contribution in [0.4, 0.5) is 0 Å². The molecule has 0 aliphatic carbocycles. The predicted molar refractivity (Wildman–Crippen MR) is 103 cm³/mol. The molecule has 2 aromatic rings. The van der Waals surface area contributed by atoms with E-state index in [0.29, 0.717) is 39.4 Å². The fourth-order valence-corrected chi connectivity index (χ4v) is 3.26. The molecule has 5 nitrogen and oxygen atoms in total. The van der Waals surface area contributed by atoms with Gasteiger partial charge in [0.2, 0.25) is 0 Å². The van der Waals surface area contributed by atoms with Gasteiger partial charge in [-0.2, -0.15) is 0 Å². The number of aryl methyl sites for hydroxylation is 1. The summed E-state index contributed by atoms with van der Waals surface area (Å²) < 4.78 is 15.7. The molecule has 0 radical (unpaired) electrons. The van der Waals surface area contributed by atoms with E-state index in [1.807, 2.05) is 19.1 Å². The summed E-state index contributed by atoms with van der Waals surface area (Å²) in [5.41, 5.74) is 2.33. The lowest BCUT2D eigenvalue weighted by Gasteiger charge is -2.20. The van der Waals surface area contributed by atoms with E-state index in [4.69, 9.17) is 37.4 Å². The molecule has 0 N–H and O–H groups in total. The summed E-state index contributed by atoms with van der Waals surface area (Å²) in [5, 5.41) is 0.582. The molecule has 0 atom stereocenters. The lowest BCUT2D eigenvalue weighted by molar-refractivity contribution is 0.0784.